The molecule has 1 amide bonds. The summed E-state index contributed by atoms with van der Waals surface area (Å²) >= 11 is 0. The number of carbonyl (C=O) groups is 1. The van der Waals surface area contributed by atoms with Crippen LogP contribution in [0.25, 0.3) is 5.57 Å². The second-order valence-electron chi connectivity index (χ2n) is 11.8. The minimum Gasteiger partial charge on any atom is -0.504 e. The molecule has 2 aromatic rings. The zero-order valence-corrected chi connectivity index (χ0v) is 21.0. The topological polar surface area (TPSA) is 82.0 Å². The number of carbonyl (C=O) groups excluding carboxylic acids is 1. The third kappa shape index (κ3) is 3.28. The lowest BCUT2D eigenvalue weighted by atomic mass is 9.48. The zero-order chi connectivity index (χ0) is 24.8. The summed E-state index contributed by atoms with van der Waals surface area (Å²) in [5.41, 5.74) is 2.63. The molecule has 3 aliphatic carbocycles. The second-order valence-corrected chi connectivity index (χ2v) is 11.8. The van der Waals surface area contributed by atoms with Gasteiger partial charge in [-0.3, -0.25) is 9.69 Å². The van der Waals surface area contributed by atoms with Crippen molar-refractivity contribution >= 4 is 11.5 Å². The Morgan fingerprint density at radius 2 is 1.95 bits per heavy atom. The fourth-order valence-electron chi connectivity index (χ4n) is 7.69. The Bertz CT molecular complexity index is 1280. The van der Waals surface area contributed by atoms with Gasteiger partial charge in [-0.05, 0) is 69.2 Å². The highest BCUT2D eigenvalue weighted by Gasteiger charge is 2.73. The first-order valence-electron chi connectivity index (χ1n) is 13.4. The van der Waals surface area contributed by atoms with Crippen LogP contribution in [0.4, 0.5) is 0 Å². The highest BCUT2D eigenvalue weighted by molar-refractivity contribution is 6.04. The molecule has 6 nitrogen and oxygen atoms in total. The number of amides is 1. The van der Waals surface area contributed by atoms with Crippen LogP contribution in [-0.4, -0.2) is 57.9 Å². The van der Waals surface area contributed by atoms with Gasteiger partial charge in [-0.2, -0.15) is 0 Å². The minimum atomic E-state index is -1.17. The molecule has 2 bridgehead atoms. The van der Waals surface area contributed by atoms with Gasteiger partial charge in [0.05, 0.1) is 11.0 Å². The quantitative estimate of drug-likeness (QED) is 0.572. The third-order valence-electron chi connectivity index (χ3n) is 9.33. The van der Waals surface area contributed by atoms with Gasteiger partial charge < -0.3 is 20.3 Å². The molecule has 1 saturated carbocycles. The molecule has 4 atom stereocenters. The maximum Gasteiger partial charge on any atom is 0.247 e. The number of aliphatic hydroxyl groups is 1. The van der Waals surface area contributed by atoms with E-state index < -0.39 is 17.1 Å². The summed E-state index contributed by atoms with van der Waals surface area (Å²) in [6, 6.07) is 13.6. The number of benzene rings is 2. The highest BCUT2D eigenvalue weighted by atomic mass is 16.5. The van der Waals surface area contributed by atoms with Crippen LogP contribution in [0.2, 0.25) is 0 Å². The lowest BCUT2D eigenvalue weighted by Crippen LogP contribution is -2.75. The van der Waals surface area contributed by atoms with Crippen LogP contribution in [0, 0.1) is 5.92 Å². The molecule has 196 valence electrons. The SMILES string of the molecule is C.CC(C)NC(=O)C1=C(c2ccccc2)[C@@H]2Oc3c(O)ccc4c3[C@@]23CCN(CC2CC2)[C@H](C4)[C@]3(O)C1. The molecule has 0 unspecified atom stereocenters. The van der Waals surface area contributed by atoms with E-state index in [1.807, 2.05) is 50.2 Å². The average Bonchev–Trinajstić information content (AvgIpc) is 3.59. The molecule has 6 heteroatoms. The highest BCUT2D eigenvalue weighted by Crippen LogP contribution is 2.67. The molecule has 37 heavy (non-hydrogen) atoms. The number of likely N-dealkylation sites (tertiary alicyclic amines) is 1. The normalized spacial score (nSPS) is 31.5. The van der Waals surface area contributed by atoms with Gasteiger partial charge in [0.2, 0.25) is 5.91 Å². The summed E-state index contributed by atoms with van der Waals surface area (Å²) in [5, 5.41) is 26.9. The van der Waals surface area contributed by atoms with Crippen molar-refractivity contribution < 1.29 is 19.7 Å². The summed E-state index contributed by atoms with van der Waals surface area (Å²) in [4.78, 5) is 16.2. The van der Waals surface area contributed by atoms with Gasteiger partial charge in [0.25, 0.3) is 0 Å². The van der Waals surface area contributed by atoms with Gasteiger partial charge in [0.15, 0.2) is 11.5 Å². The first kappa shape index (κ1) is 24.5. The molecule has 3 N–H and O–H groups in total. The summed E-state index contributed by atoms with van der Waals surface area (Å²) in [5.74, 6) is 1.16. The largest absolute Gasteiger partial charge is 0.504 e. The van der Waals surface area contributed by atoms with Crippen molar-refractivity contribution in [1.29, 1.82) is 0 Å². The molecule has 2 aliphatic heterocycles. The Labute approximate surface area is 219 Å². The van der Waals surface area contributed by atoms with Crippen molar-refractivity contribution in [3.05, 3.63) is 64.7 Å². The van der Waals surface area contributed by atoms with Crippen LogP contribution in [0.5, 0.6) is 11.5 Å². The predicted octanol–water partition coefficient (Wildman–Crippen LogP) is 4.18. The van der Waals surface area contributed by atoms with E-state index in [9.17, 15) is 15.0 Å². The smallest absolute Gasteiger partial charge is 0.247 e. The van der Waals surface area contributed by atoms with Crippen LogP contribution in [0.3, 0.4) is 0 Å². The first-order valence-corrected chi connectivity index (χ1v) is 13.4. The van der Waals surface area contributed by atoms with E-state index in [1.165, 1.54) is 12.8 Å². The van der Waals surface area contributed by atoms with Gasteiger partial charge in [-0.1, -0.05) is 43.8 Å². The van der Waals surface area contributed by atoms with Crippen molar-refractivity contribution in [2.75, 3.05) is 13.1 Å². The number of rotatable bonds is 5. The second kappa shape index (κ2) is 8.34. The maximum atomic E-state index is 13.7. The monoisotopic (exact) mass is 502 g/mol. The molecule has 2 fully saturated rings. The number of piperidine rings is 1. The predicted molar refractivity (Wildman–Crippen MR) is 144 cm³/mol. The Morgan fingerprint density at radius 1 is 1.19 bits per heavy atom. The fourth-order valence-corrected chi connectivity index (χ4v) is 7.69. The van der Waals surface area contributed by atoms with E-state index in [4.69, 9.17) is 4.74 Å². The van der Waals surface area contributed by atoms with Crippen LogP contribution in [0.1, 0.15) is 63.6 Å². The number of nitrogens with one attached hydrogen (secondary N) is 1. The molecular formula is C31H38N2O4. The van der Waals surface area contributed by atoms with Gasteiger partial charge in [-0.15, -0.1) is 0 Å². The molecule has 0 aromatic heterocycles. The molecule has 0 radical (unpaired) electrons. The summed E-state index contributed by atoms with van der Waals surface area (Å²) < 4.78 is 6.69. The fraction of sp³-hybridized carbons (Fsp3) is 0.516. The van der Waals surface area contributed by atoms with E-state index in [2.05, 4.69) is 10.2 Å². The Kier molecular flexibility index (Phi) is 5.52. The van der Waals surface area contributed by atoms with Crippen molar-refractivity contribution in [3.63, 3.8) is 0 Å². The van der Waals surface area contributed by atoms with E-state index in [-0.39, 0.29) is 37.6 Å². The third-order valence-corrected chi connectivity index (χ3v) is 9.33. The molecule has 1 spiro atoms. The summed E-state index contributed by atoms with van der Waals surface area (Å²) in [7, 11) is 0. The summed E-state index contributed by atoms with van der Waals surface area (Å²) in [6.07, 6.45) is 3.68. The Balaban J connectivity index is 0.00000252. The van der Waals surface area contributed by atoms with Crippen molar-refractivity contribution in [2.45, 2.75) is 82.6 Å². The first-order chi connectivity index (χ1) is 17.3. The van der Waals surface area contributed by atoms with E-state index >= 15 is 0 Å². The average molecular weight is 503 g/mol. The minimum absolute atomic E-state index is 0. The number of hydrogen-bond acceptors (Lipinski definition) is 5. The summed E-state index contributed by atoms with van der Waals surface area (Å²) in [6.45, 7) is 5.79. The molecule has 2 aromatic carbocycles. The lowest BCUT2D eigenvalue weighted by molar-refractivity contribution is -0.163. The Hall–Kier alpha value is -2.83. The van der Waals surface area contributed by atoms with Gasteiger partial charge in [-0.25, -0.2) is 0 Å². The van der Waals surface area contributed by atoms with Crippen molar-refractivity contribution in [1.82, 2.24) is 10.2 Å². The number of phenolic OH excluding ortho intramolecular Hbond substituents is 1. The van der Waals surface area contributed by atoms with Crippen LogP contribution in [0.15, 0.2) is 48.0 Å². The van der Waals surface area contributed by atoms with Crippen molar-refractivity contribution in [2.24, 2.45) is 5.92 Å². The molecule has 1 saturated heterocycles. The van der Waals surface area contributed by atoms with E-state index in [0.717, 1.165) is 41.8 Å². The standard InChI is InChI=1S/C30H34N2O4.CH4/c1-17(2)31-28(34)21-15-30(35)23-14-20-10-11-22(33)26-25(20)29(30,12-13-32(23)16-18-8-9-18)27(36-26)24(21)19-6-4-3-5-7-19;/h3-7,10-11,17-18,23,27,33,35H,8-9,12-16H2,1-2H3,(H,31,34);1H4/t23-,27+,29+,30-;/m1./s1. The van der Waals surface area contributed by atoms with Gasteiger partial charge >= 0.3 is 0 Å². The van der Waals surface area contributed by atoms with E-state index in [0.29, 0.717) is 23.7 Å². The number of ether oxygens (including phenoxy) is 1. The number of phenols is 1. The lowest BCUT2D eigenvalue weighted by Gasteiger charge is -2.63. The maximum absolute atomic E-state index is 13.7. The molecule has 5 aliphatic rings. The number of nitrogens with zero attached hydrogens (tertiary/aromatic N) is 1. The van der Waals surface area contributed by atoms with E-state index in [1.54, 1.807) is 6.07 Å². The van der Waals surface area contributed by atoms with Gasteiger partial charge in [0, 0.05) is 41.8 Å². The zero-order valence-electron chi connectivity index (χ0n) is 21.0. The molecule has 2 heterocycles. The molecule has 7 rings (SSSR count). The molecular weight excluding hydrogens is 464 g/mol. The van der Waals surface area contributed by atoms with Gasteiger partial charge in [0.1, 0.15) is 6.10 Å². The van der Waals surface area contributed by atoms with Crippen LogP contribution >= 0.6 is 0 Å². The number of hydrogen-bond donors (Lipinski definition) is 3. The van der Waals surface area contributed by atoms with Crippen LogP contribution in [-0.2, 0) is 16.6 Å². The Morgan fingerprint density at radius 3 is 2.65 bits per heavy atom. The van der Waals surface area contributed by atoms with Crippen LogP contribution < -0.4 is 10.1 Å². The van der Waals surface area contributed by atoms with Crippen molar-refractivity contribution in [3.8, 4) is 11.5 Å². The number of aromatic hydroxyl groups is 1.